The molecule has 15 heavy (non-hydrogen) atoms. The average Bonchev–Trinajstić information content (AvgIpc) is 1.99. The molecule has 3 nitrogen and oxygen atoms in total. The molecular formula is C11H16O3S. The molecule has 1 N–H and O–H groups in total. The predicted molar refractivity (Wildman–Crippen MR) is 59.8 cm³/mol. The number of hydrogen-bond donors (Lipinski definition) is 1. The number of benzene rings is 1. The van der Waals surface area contributed by atoms with Gasteiger partial charge in [0.15, 0.2) is 0 Å². The van der Waals surface area contributed by atoms with Gasteiger partial charge in [0.1, 0.15) is 0 Å². The monoisotopic (exact) mass is 228 g/mol. The lowest BCUT2D eigenvalue weighted by molar-refractivity contribution is 0.483. The van der Waals surface area contributed by atoms with E-state index in [1.54, 1.807) is 0 Å². The van der Waals surface area contributed by atoms with E-state index in [2.05, 4.69) is 13.8 Å². The molecule has 4 heteroatoms. The summed E-state index contributed by atoms with van der Waals surface area (Å²) in [5, 5.41) is 0. The second kappa shape index (κ2) is 3.94. The van der Waals surface area contributed by atoms with Gasteiger partial charge in [0, 0.05) is 0 Å². The van der Waals surface area contributed by atoms with Gasteiger partial charge in [0.05, 0.1) is 4.90 Å². The first-order valence-corrected chi connectivity index (χ1v) is 6.26. The Balaban J connectivity index is 3.45. The number of rotatable bonds is 2. The minimum atomic E-state index is -4.09. The van der Waals surface area contributed by atoms with Crippen LogP contribution in [0, 0.1) is 13.8 Å². The highest BCUT2D eigenvalue weighted by Crippen LogP contribution is 2.26. The van der Waals surface area contributed by atoms with Crippen molar-refractivity contribution in [2.45, 2.75) is 38.5 Å². The Labute approximate surface area is 90.9 Å². The molecule has 0 aromatic heterocycles. The molecule has 1 rings (SSSR count). The Morgan fingerprint density at radius 1 is 1.13 bits per heavy atom. The summed E-state index contributed by atoms with van der Waals surface area (Å²) in [4.78, 5) is -0.0260. The molecule has 0 saturated heterocycles. The zero-order valence-corrected chi connectivity index (χ0v) is 10.2. The molecule has 0 unspecified atom stereocenters. The fourth-order valence-corrected chi connectivity index (χ4v) is 2.65. The van der Waals surface area contributed by atoms with Crippen LogP contribution < -0.4 is 0 Å². The quantitative estimate of drug-likeness (QED) is 0.792. The van der Waals surface area contributed by atoms with Crippen LogP contribution in [0.1, 0.15) is 36.5 Å². The maximum absolute atomic E-state index is 11.0. The molecule has 0 atom stereocenters. The van der Waals surface area contributed by atoms with E-state index in [0.717, 1.165) is 16.7 Å². The van der Waals surface area contributed by atoms with Gasteiger partial charge in [0.25, 0.3) is 10.1 Å². The van der Waals surface area contributed by atoms with Crippen LogP contribution in [0.3, 0.4) is 0 Å². The topological polar surface area (TPSA) is 54.4 Å². The van der Waals surface area contributed by atoms with E-state index >= 15 is 0 Å². The highest BCUT2D eigenvalue weighted by Gasteiger charge is 2.14. The second-order valence-corrected chi connectivity index (χ2v) is 5.52. The maximum atomic E-state index is 11.0. The lowest BCUT2D eigenvalue weighted by Gasteiger charge is -2.14. The Hall–Kier alpha value is -0.870. The van der Waals surface area contributed by atoms with Gasteiger partial charge in [-0.1, -0.05) is 13.8 Å². The Kier molecular flexibility index (Phi) is 3.21. The van der Waals surface area contributed by atoms with Crippen molar-refractivity contribution in [1.29, 1.82) is 0 Å². The third kappa shape index (κ3) is 2.58. The minimum absolute atomic E-state index is 0.0260. The van der Waals surface area contributed by atoms with E-state index in [-0.39, 0.29) is 4.90 Å². The van der Waals surface area contributed by atoms with Crippen molar-refractivity contribution in [2.75, 3.05) is 0 Å². The first kappa shape index (κ1) is 12.2. The molecular weight excluding hydrogens is 212 g/mol. The highest BCUT2D eigenvalue weighted by molar-refractivity contribution is 7.85. The Bertz CT molecular complexity index is 450. The van der Waals surface area contributed by atoms with Crippen LogP contribution in [0.15, 0.2) is 17.0 Å². The average molecular weight is 228 g/mol. The van der Waals surface area contributed by atoms with Gasteiger partial charge >= 0.3 is 0 Å². The van der Waals surface area contributed by atoms with Crippen LogP contribution in [0.5, 0.6) is 0 Å². The van der Waals surface area contributed by atoms with Gasteiger partial charge in [-0.25, -0.2) is 0 Å². The first-order valence-electron chi connectivity index (χ1n) is 4.82. The molecule has 1 aromatic carbocycles. The smallest absolute Gasteiger partial charge is 0.282 e. The lowest BCUT2D eigenvalue weighted by Crippen LogP contribution is -2.03. The molecule has 0 heterocycles. The molecule has 0 amide bonds. The molecule has 0 saturated carbocycles. The third-order valence-corrected chi connectivity index (χ3v) is 3.27. The minimum Gasteiger partial charge on any atom is -0.282 e. The van der Waals surface area contributed by atoms with Crippen molar-refractivity contribution in [2.24, 2.45) is 0 Å². The number of hydrogen-bond acceptors (Lipinski definition) is 2. The fraction of sp³-hybridized carbons (Fsp3) is 0.455. The maximum Gasteiger partial charge on any atom is 0.294 e. The highest BCUT2D eigenvalue weighted by atomic mass is 32.2. The molecule has 0 aliphatic heterocycles. The van der Waals surface area contributed by atoms with E-state index in [0.29, 0.717) is 5.92 Å². The molecule has 0 radical (unpaired) electrons. The Morgan fingerprint density at radius 3 is 1.80 bits per heavy atom. The zero-order chi connectivity index (χ0) is 11.8. The van der Waals surface area contributed by atoms with Crippen molar-refractivity contribution in [3.05, 3.63) is 28.8 Å². The van der Waals surface area contributed by atoms with E-state index in [4.69, 9.17) is 4.55 Å². The number of aryl methyl sites for hydroxylation is 2. The summed E-state index contributed by atoms with van der Waals surface area (Å²) in [6, 6.07) is 3.02. The van der Waals surface area contributed by atoms with Crippen LogP contribution in [-0.4, -0.2) is 13.0 Å². The van der Waals surface area contributed by atoms with Gasteiger partial charge in [-0.3, -0.25) is 4.55 Å². The van der Waals surface area contributed by atoms with Crippen LogP contribution in [0.4, 0.5) is 0 Å². The van der Waals surface area contributed by atoms with Crippen molar-refractivity contribution in [3.8, 4) is 0 Å². The normalized spacial score (nSPS) is 12.1. The van der Waals surface area contributed by atoms with Crippen molar-refractivity contribution < 1.29 is 13.0 Å². The van der Waals surface area contributed by atoms with Gasteiger partial charge in [-0.2, -0.15) is 8.42 Å². The summed E-state index contributed by atoms with van der Waals surface area (Å²) in [5.74, 6) is 0.348. The second-order valence-electron chi connectivity index (χ2n) is 4.10. The predicted octanol–water partition coefficient (Wildman–Crippen LogP) is 2.67. The summed E-state index contributed by atoms with van der Waals surface area (Å²) in [7, 11) is -4.09. The van der Waals surface area contributed by atoms with Gasteiger partial charge in [-0.05, 0) is 48.6 Å². The molecule has 0 aliphatic rings. The molecule has 0 aliphatic carbocycles. The largest absolute Gasteiger partial charge is 0.294 e. The van der Waals surface area contributed by atoms with E-state index in [1.807, 2.05) is 13.8 Å². The summed E-state index contributed by atoms with van der Waals surface area (Å²) in [6.07, 6.45) is 0. The van der Waals surface area contributed by atoms with Crippen LogP contribution >= 0.6 is 0 Å². The molecule has 0 fully saturated rings. The van der Waals surface area contributed by atoms with Crippen molar-refractivity contribution in [1.82, 2.24) is 0 Å². The first-order chi connectivity index (χ1) is 6.73. The molecule has 0 spiro atoms. The van der Waals surface area contributed by atoms with Crippen LogP contribution in [0.2, 0.25) is 0 Å². The van der Waals surface area contributed by atoms with Crippen molar-refractivity contribution >= 4 is 10.1 Å². The van der Waals surface area contributed by atoms with Crippen molar-refractivity contribution in [3.63, 3.8) is 0 Å². The van der Waals surface area contributed by atoms with E-state index in [9.17, 15) is 8.42 Å². The standard InChI is InChI=1S/C11H16O3S/c1-7(2)11-8(3)5-10(6-9(11)4)15(12,13)14/h5-7H,1-4H3,(H,12,13,14). The third-order valence-electron chi connectivity index (χ3n) is 2.44. The molecule has 84 valence electrons. The van der Waals surface area contributed by atoms with Gasteiger partial charge in [-0.15, -0.1) is 0 Å². The summed E-state index contributed by atoms with van der Waals surface area (Å²) in [6.45, 7) is 7.83. The summed E-state index contributed by atoms with van der Waals surface area (Å²) < 4.78 is 30.9. The fourth-order valence-electron chi connectivity index (χ4n) is 1.99. The summed E-state index contributed by atoms with van der Waals surface area (Å²) in [5.41, 5.74) is 2.94. The molecule has 1 aromatic rings. The zero-order valence-electron chi connectivity index (χ0n) is 9.40. The van der Waals surface area contributed by atoms with Crippen LogP contribution in [-0.2, 0) is 10.1 Å². The molecule has 0 bridgehead atoms. The van der Waals surface area contributed by atoms with E-state index in [1.165, 1.54) is 12.1 Å². The SMILES string of the molecule is Cc1cc(S(=O)(=O)O)cc(C)c1C(C)C. The van der Waals surface area contributed by atoms with Crippen LogP contribution in [0.25, 0.3) is 0 Å². The summed E-state index contributed by atoms with van der Waals surface area (Å²) >= 11 is 0. The van der Waals surface area contributed by atoms with Gasteiger partial charge < -0.3 is 0 Å². The lowest BCUT2D eigenvalue weighted by atomic mass is 9.93. The van der Waals surface area contributed by atoms with Gasteiger partial charge in [0.2, 0.25) is 0 Å². The Morgan fingerprint density at radius 2 is 1.53 bits per heavy atom. The van der Waals surface area contributed by atoms with E-state index < -0.39 is 10.1 Å².